The number of nitrogens with zero attached hydrogens (tertiary/aromatic N) is 1. The molecule has 2 aromatic rings. The highest BCUT2D eigenvalue weighted by Gasteiger charge is 2.00. The van der Waals surface area contributed by atoms with E-state index in [2.05, 4.69) is 10.3 Å². The molecular weight excluding hydrogens is 243 g/mol. The minimum Gasteiger partial charge on any atom is -0.492 e. The Balaban J connectivity index is 1.69. The quantitative estimate of drug-likeness (QED) is 0.811. The molecule has 0 saturated heterocycles. The summed E-state index contributed by atoms with van der Waals surface area (Å²) in [6.07, 6.45) is 3.59. The van der Waals surface area contributed by atoms with Crippen LogP contribution in [0.15, 0.2) is 42.7 Å². The Morgan fingerprint density at radius 1 is 1.32 bits per heavy atom. The van der Waals surface area contributed by atoms with Gasteiger partial charge in [-0.15, -0.1) is 0 Å². The molecule has 0 radical (unpaired) electrons. The number of benzene rings is 1. The molecule has 1 heterocycles. The Morgan fingerprint density at radius 2 is 2.21 bits per heavy atom. The SMILES string of the molecule is Cc1cc(F)ccc1OCCNCc1cccnc1. The van der Waals surface area contributed by atoms with Gasteiger partial charge in [-0.05, 0) is 42.3 Å². The Bertz CT molecular complexity index is 517. The molecule has 1 aromatic heterocycles. The van der Waals surface area contributed by atoms with E-state index in [-0.39, 0.29) is 5.82 Å². The van der Waals surface area contributed by atoms with E-state index in [9.17, 15) is 4.39 Å². The smallest absolute Gasteiger partial charge is 0.123 e. The standard InChI is InChI=1S/C15H17FN2O/c1-12-9-14(16)4-5-15(12)19-8-7-18-11-13-3-2-6-17-10-13/h2-6,9-10,18H,7-8,11H2,1H3. The maximum absolute atomic E-state index is 12.9. The monoisotopic (exact) mass is 260 g/mol. The van der Waals surface area contributed by atoms with Gasteiger partial charge >= 0.3 is 0 Å². The normalized spacial score (nSPS) is 10.4. The van der Waals surface area contributed by atoms with Crippen LogP contribution in [0.3, 0.4) is 0 Å². The highest BCUT2D eigenvalue weighted by molar-refractivity contribution is 5.32. The van der Waals surface area contributed by atoms with Crippen molar-refractivity contribution in [3.8, 4) is 5.75 Å². The summed E-state index contributed by atoms with van der Waals surface area (Å²) in [5.74, 6) is 0.490. The largest absolute Gasteiger partial charge is 0.492 e. The molecule has 0 aliphatic carbocycles. The van der Waals surface area contributed by atoms with Crippen LogP contribution in [0.4, 0.5) is 4.39 Å². The predicted octanol–water partition coefficient (Wildman–Crippen LogP) is 2.70. The van der Waals surface area contributed by atoms with Crippen LogP contribution in [-0.4, -0.2) is 18.1 Å². The molecule has 1 N–H and O–H groups in total. The first-order valence-electron chi connectivity index (χ1n) is 6.24. The second kappa shape index (κ2) is 6.85. The molecule has 0 aliphatic heterocycles. The zero-order chi connectivity index (χ0) is 13.5. The van der Waals surface area contributed by atoms with Crippen molar-refractivity contribution in [2.45, 2.75) is 13.5 Å². The third kappa shape index (κ3) is 4.34. The number of ether oxygens (including phenoxy) is 1. The first-order chi connectivity index (χ1) is 9.25. The van der Waals surface area contributed by atoms with Crippen molar-refractivity contribution >= 4 is 0 Å². The van der Waals surface area contributed by atoms with E-state index in [0.717, 1.165) is 30.0 Å². The minimum atomic E-state index is -0.237. The van der Waals surface area contributed by atoms with Crippen LogP contribution in [0.5, 0.6) is 5.75 Å². The van der Waals surface area contributed by atoms with Crippen molar-refractivity contribution in [3.05, 3.63) is 59.7 Å². The van der Waals surface area contributed by atoms with Gasteiger partial charge < -0.3 is 10.1 Å². The lowest BCUT2D eigenvalue weighted by molar-refractivity contribution is 0.311. The predicted molar refractivity (Wildman–Crippen MR) is 72.6 cm³/mol. The molecular formula is C15H17FN2O. The number of hydrogen-bond acceptors (Lipinski definition) is 3. The van der Waals surface area contributed by atoms with Crippen LogP contribution in [-0.2, 0) is 6.54 Å². The summed E-state index contributed by atoms with van der Waals surface area (Å²) in [6, 6.07) is 8.47. The van der Waals surface area contributed by atoms with Gasteiger partial charge in [-0.25, -0.2) is 4.39 Å². The van der Waals surface area contributed by atoms with Crippen LogP contribution in [0.1, 0.15) is 11.1 Å². The third-order valence-corrected chi connectivity index (χ3v) is 2.73. The Morgan fingerprint density at radius 3 is 2.95 bits per heavy atom. The molecule has 0 spiro atoms. The van der Waals surface area contributed by atoms with Crippen LogP contribution < -0.4 is 10.1 Å². The Kier molecular flexibility index (Phi) is 4.86. The summed E-state index contributed by atoms with van der Waals surface area (Å²) in [5.41, 5.74) is 1.95. The molecule has 0 unspecified atom stereocenters. The molecule has 0 fully saturated rings. The van der Waals surface area contributed by atoms with Crippen molar-refractivity contribution in [3.63, 3.8) is 0 Å². The topological polar surface area (TPSA) is 34.1 Å². The molecule has 0 amide bonds. The van der Waals surface area contributed by atoms with Gasteiger partial charge in [0, 0.05) is 25.5 Å². The number of aromatic nitrogens is 1. The lowest BCUT2D eigenvalue weighted by Crippen LogP contribution is -2.20. The third-order valence-electron chi connectivity index (χ3n) is 2.73. The number of nitrogens with one attached hydrogen (secondary N) is 1. The fourth-order valence-electron chi connectivity index (χ4n) is 1.74. The molecule has 3 nitrogen and oxygen atoms in total. The molecule has 0 atom stereocenters. The van der Waals surface area contributed by atoms with Crippen molar-refractivity contribution in [2.75, 3.05) is 13.2 Å². The first-order valence-corrected chi connectivity index (χ1v) is 6.24. The van der Waals surface area contributed by atoms with Crippen LogP contribution in [0.25, 0.3) is 0 Å². The van der Waals surface area contributed by atoms with E-state index < -0.39 is 0 Å². The van der Waals surface area contributed by atoms with Gasteiger partial charge in [0.05, 0.1) is 0 Å². The van der Waals surface area contributed by atoms with Crippen LogP contribution >= 0.6 is 0 Å². The second-order valence-corrected chi connectivity index (χ2v) is 4.30. The van der Waals surface area contributed by atoms with E-state index in [1.165, 1.54) is 12.1 Å². The van der Waals surface area contributed by atoms with Crippen LogP contribution in [0, 0.1) is 12.7 Å². The van der Waals surface area contributed by atoms with Crippen molar-refractivity contribution in [2.24, 2.45) is 0 Å². The summed E-state index contributed by atoms with van der Waals surface area (Å²) in [4.78, 5) is 4.04. The lowest BCUT2D eigenvalue weighted by Gasteiger charge is -2.09. The minimum absolute atomic E-state index is 0.237. The van der Waals surface area contributed by atoms with E-state index in [1.54, 1.807) is 12.3 Å². The summed E-state index contributed by atoms with van der Waals surface area (Å²) in [7, 11) is 0. The number of hydrogen-bond donors (Lipinski definition) is 1. The van der Waals surface area contributed by atoms with Crippen molar-refractivity contribution in [1.82, 2.24) is 10.3 Å². The van der Waals surface area contributed by atoms with Crippen molar-refractivity contribution < 1.29 is 9.13 Å². The molecule has 4 heteroatoms. The van der Waals surface area contributed by atoms with Gasteiger partial charge in [0.15, 0.2) is 0 Å². The molecule has 100 valence electrons. The van der Waals surface area contributed by atoms with E-state index in [0.29, 0.717) is 6.61 Å². The molecule has 0 bridgehead atoms. The van der Waals surface area contributed by atoms with Gasteiger partial charge in [-0.3, -0.25) is 4.98 Å². The highest BCUT2D eigenvalue weighted by atomic mass is 19.1. The van der Waals surface area contributed by atoms with E-state index in [4.69, 9.17) is 4.74 Å². The van der Waals surface area contributed by atoms with E-state index in [1.807, 2.05) is 25.3 Å². The number of halogens is 1. The maximum Gasteiger partial charge on any atom is 0.123 e. The van der Waals surface area contributed by atoms with Gasteiger partial charge in [0.2, 0.25) is 0 Å². The fourth-order valence-corrected chi connectivity index (χ4v) is 1.74. The number of pyridine rings is 1. The summed E-state index contributed by atoms with van der Waals surface area (Å²) in [6.45, 7) is 3.87. The van der Waals surface area contributed by atoms with Gasteiger partial charge in [-0.2, -0.15) is 0 Å². The summed E-state index contributed by atoms with van der Waals surface area (Å²) < 4.78 is 18.5. The molecule has 0 saturated carbocycles. The summed E-state index contributed by atoms with van der Waals surface area (Å²) in [5, 5.41) is 3.26. The Labute approximate surface area is 112 Å². The Hall–Kier alpha value is -1.94. The average Bonchev–Trinajstić information content (AvgIpc) is 2.42. The fraction of sp³-hybridized carbons (Fsp3) is 0.267. The van der Waals surface area contributed by atoms with Crippen LogP contribution in [0.2, 0.25) is 0 Å². The lowest BCUT2D eigenvalue weighted by atomic mass is 10.2. The maximum atomic E-state index is 12.9. The van der Waals surface area contributed by atoms with Gasteiger partial charge in [-0.1, -0.05) is 6.07 Å². The van der Waals surface area contributed by atoms with Crippen molar-refractivity contribution in [1.29, 1.82) is 0 Å². The molecule has 0 aliphatic rings. The highest BCUT2D eigenvalue weighted by Crippen LogP contribution is 2.17. The second-order valence-electron chi connectivity index (χ2n) is 4.30. The summed E-state index contributed by atoms with van der Waals surface area (Å²) >= 11 is 0. The molecule has 1 aromatic carbocycles. The van der Waals surface area contributed by atoms with E-state index >= 15 is 0 Å². The molecule has 19 heavy (non-hydrogen) atoms. The molecule has 2 rings (SSSR count). The number of rotatable bonds is 6. The zero-order valence-corrected chi connectivity index (χ0v) is 10.9. The van der Waals surface area contributed by atoms with Gasteiger partial charge in [0.25, 0.3) is 0 Å². The average molecular weight is 260 g/mol. The number of aryl methyl sites for hydroxylation is 1. The van der Waals surface area contributed by atoms with Gasteiger partial charge in [0.1, 0.15) is 18.2 Å². The zero-order valence-electron chi connectivity index (χ0n) is 10.9. The first kappa shape index (κ1) is 13.5.